The van der Waals surface area contributed by atoms with Crippen LogP contribution in [0.2, 0.25) is 0 Å². The van der Waals surface area contributed by atoms with Crippen molar-refractivity contribution in [2.24, 2.45) is 0 Å². The van der Waals surface area contributed by atoms with E-state index in [-0.39, 0.29) is 0 Å². The van der Waals surface area contributed by atoms with Crippen molar-refractivity contribution in [3.05, 3.63) is 92.7 Å². The summed E-state index contributed by atoms with van der Waals surface area (Å²) in [5, 5.41) is 2.98. The number of aryl methyl sites for hydroxylation is 1. The zero-order chi connectivity index (χ0) is 17.1. The van der Waals surface area contributed by atoms with E-state index in [1.807, 2.05) is 11.3 Å². The highest BCUT2D eigenvalue weighted by Crippen LogP contribution is 2.60. The third-order valence-corrected chi connectivity index (χ3v) is 8.63. The molecule has 26 heavy (non-hydrogen) atoms. The largest absolute Gasteiger partial charge is 0.148 e. The third-order valence-electron chi connectivity index (χ3n) is 6.16. The topological polar surface area (TPSA) is 0 Å². The van der Waals surface area contributed by atoms with Crippen LogP contribution in [0.15, 0.2) is 64.9 Å². The second-order valence-electron chi connectivity index (χ2n) is 7.63. The summed E-state index contributed by atoms with van der Waals surface area (Å²) in [5.41, 5.74) is 7.75. The highest BCUT2D eigenvalue weighted by Gasteiger charge is 2.44. The van der Waals surface area contributed by atoms with Gasteiger partial charge in [-0.3, -0.25) is 0 Å². The van der Waals surface area contributed by atoms with Crippen LogP contribution in [0.25, 0.3) is 6.08 Å². The Labute approximate surface area is 163 Å². The summed E-state index contributed by atoms with van der Waals surface area (Å²) in [6.45, 7) is 0. The average molecular weight is 373 g/mol. The number of thioether (sulfide) groups is 1. The van der Waals surface area contributed by atoms with Crippen LogP contribution in [0.4, 0.5) is 0 Å². The summed E-state index contributed by atoms with van der Waals surface area (Å²) in [6, 6.07) is 18.1. The molecular weight excluding hydrogens is 352 g/mol. The zero-order valence-electron chi connectivity index (χ0n) is 14.5. The molecular formula is C24H20S2. The first-order chi connectivity index (χ1) is 12.9. The quantitative estimate of drug-likeness (QED) is 0.496. The number of hydrogen-bond acceptors (Lipinski definition) is 2. The van der Waals surface area contributed by atoms with E-state index in [2.05, 4.69) is 77.8 Å². The molecule has 2 aromatic carbocycles. The molecule has 0 radical (unpaired) electrons. The number of allylic oxidation sites excluding steroid dienone is 1. The van der Waals surface area contributed by atoms with E-state index in [0.29, 0.717) is 11.8 Å². The summed E-state index contributed by atoms with van der Waals surface area (Å²) in [4.78, 5) is 3.19. The standard InChI is InChI=1S/C24H20S2/c1-2-4-15(5-3-1)6-9-18-14-17-8-11-20-21-19(22(20)24(17)26-18)10-7-16-12-13-25-23(16)21/h1-5,7-8,10-13,18-19,21H,6,9,14H2. The lowest BCUT2D eigenvalue weighted by Crippen LogP contribution is -2.26. The lowest BCUT2D eigenvalue weighted by Gasteiger charge is -2.41. The molecule has 128 valence electrons. The van der Waals surface area contributed by atoms with Crippen LogP contribution in [0.1, 0.15) is 51.0 Å². The smallest absolute Gasteiger partial charge is 0.0297 e. The summed E-state index contributed by atoms with van der Waals surface area (Å²) in [7, 11) is 0. The Morgan fingerprint density at radius 2 is 1.92 bits per heavy atom. The normalized spacial score (nSPS) is 24.4. The molecule has 0 nitrogen and oxygen atoms in total. The molecule has 0 saturated heterocycles. The van der Waals surface area contributed by atoms with Gasteiger partial charge in [0.15, 0.2) is 0 Å². The highest BCUT2D eigenvalue weighted by atomic mass is 32.2. The fourth-order valence-corrected chi connectivity index (χ4v) is 7.44. The Morgan fingerprint density at radius 3 is 2.85 bits per heavy atom. The van der Waals surface area contributed by atoms with E-state index >= 15 is 0 Å². The Balaban J connectivity index is 1.26. The van der Waals surface area contributed by atoms with Gasteiger partial charge >= 0.3 is 0 Å². The average Bonchev–Trinajstić information content (AvgIpc) is 3.28. The minimum atomic E-state index is 0.617. The fraction of sp³-hybridized carbons (Fsp3) is 0.250. The molecule has 1 aliphatic heterocycles. The molecule has 2 aliphatic carbocycles. The number of hydrogen-bond donors (Lipinski definition) is 0. The van der Waals surface area contributed by atoms with Gasteiger partial charge in [-0.1, -0.05) is 54.6 Å². The van der Waals surface area contributed by atoms with Crippen LogP contribution in [-0.2, 0) is 12.8 Å². The van der Waals surface area contributed by atoms with Gasteiger partial charge in [0, 0.05) is 26.9 Å². The molecule has 0 N–H and O–H groups in total. The van der Waals surface area contributed by atoms with E-state index in [9.17, 15) is 0 Å². The number of thiophene rings is 1. The van der Waals surface area contributed by atoms with Crippen molar-refractivity contribution >= 4 is 29.2 Å². The van der Waals surface area contributed by atoms with Gasteiger partial charge in [0.2, 0.25) is 0 Å². The predicted molar refractivity (Wildman–Crippen MR) is 112 cm³/mol. The molecule has 3 aromatic rings. The fourth-order valence-electron chi connectivity index (χ4n) is 4.87. The van der Waals surface area contributed by atoms with Gasteiger partial charge in [-0.15, -0.1) is 23.1 Å². The second-order valence-corrected chi connectivity index (χ2v) is 9.89. The number of benzene rings is 2. The van der Waals surface area contributed by atoms with Crippen LogP contribution < -0.4 is 0 Å². The van der Waals surface area contributed by atoms with E-state index in [1.54, 1.807) is 26.5 Å². The molecule has 3 aliphatic rings. The van der Waals surface area contributed by atoms with Gasteiger partial charge < -0.3 is 0 Å². The maximum absolute atomic E-state index is 2.46. The SMILES string of the molecule is C1=CC2c3c(ccc4c3SC(CCc3ccccc3)C4)C2c2sccc21. The molecule has 0 fully saturated rings. The molecule has 0 amide bonds. The Bertz CT molecular complexity index is 1010. The summed E-state index contributed by atoms with van der Waals surface area (Å²) in [5.74, 6) is 1.24. The Kier molecular flexibility index (Phi) is 3.45. The van der Waals surface area contributed by atoms with Gasteiger partial charge in [0.1, 0.15) is 0 Å². The predicted octanol–water partition coefficient (Wildman–Crippen LogP) is 6.65. The van der Waals surface area contributed by atoms with Crippen molar-refractivity contribution in [2.45, 2.75) is 41.2 Å². The summed E-state index contributed by atoms with van der Waals surface area (Å²) >= 11 is 4.09. The van der Waals surface area contributed by atoms with Crippen LogP contribution in [0.3, 0.4) is 0 Å². The van der Waals surface area contributed by atoms with Gasteiger partial charge in [-0.2, -0.15) is 0 Å². The Morgan fingerprint density at radius 1 is 1.00 bits per heavy atom. The molecule has 6 rings (SSSR count). The van der Waals surface area contributed by atoms with Gasteiger partial charge in [-0.25, -0.2) is 0 Å². The van der Waals surface area contributed by atoms with Gasteiger partial charge in [-0.05, 0) is 58.5 Å². The minimum Gasteiger partial charge on any atom is -0.148 e. The lowest BCUT2D eigenvalue weighted by molar-refractivity contribution is 0.611. The Hall–Kier alpha value is -1.77. The first-order valence-electron chi connectivity index (χ1n) is 9.50. The molecule has 3 unspecified atom stereocenters. The molecule has 2 heterocycles. The monoisotopic (exact) mass is 372 g/mol. The number of rotatable bonds is 3. The van der Waals surface area contributed by atoms with Crippen molar-refractivity contribution in [1.82, 2.24) is 0 Å². The van der Waals surface area contributed by atoms with Crippen molar-refractivity contribution in [3.8, 4) is 0 Å². The third kappa shape index (κ3) is 2.22. The molecule has 2 heteroatoms. The molecule has 0 spiro atoms. The summed E-state index contributed by atoms with van der Waals surface area (Å²) < 4.78 is 0. The van der Waals surface area contributed by atoms with Gasteiger partial charge in [0.25, 0.3) is 0 Å². The van der Waals surface area contributed by atoms with Crippen molar-refractivity contribution in [1.29, 1.82) is 0 Å². The number of fused-ring (bicyclic) bond motifs is 8. The molecule has 3 atom stereocenters. The molecule has 0 bridgehead atoms. The van der Waals surface area contributed by atoms with Crippen molar-refractivity contribution < 1.29 is 0 Å². The zero-order valence-corrected chi connectivity index (χ0v) is 16.2. The van der Waals surface area contributed by atoms with E-state index in [0.717, 1.165) is 5.25 Å². The van der Waals surface area contributed by atoms with Crippen molar-refractivity contribution in [3.63, 3.8) is 0 Å². The van der Waals surface area contributed by atoms with Crippen LogP contribution in [0.5, 0.6) is 0 Å². The highest BCUT2D eigenvalue weighted by molar-refractivity contribution is 8.00. The molecule has 1 aromatic heterocycles. The van der Waals surface area contributed by atoms with Gasteiger partial charge in [0.05, 0.1) is 0 Å². The molecule has 0 saturated carbocycles. The minimum absolute atomic E-state index is 0.617. The van der Waals surface area contributed by atoms with Crippen LogP contribution in [-0.4, -0.2) is 5.25 Å². The van der Waals surface area contributed by atoms with E-state index in [1.165, 1.54) is 30.4 Å². The lowest BCUT2D eigenvalue weighted by atomic mass is 9.64. The maximum Gasteiger partial charge on any atom is 0.0297 e. The van der Waals surface area contributed by atoms with Crippen LogP contribution >= 0.6 is 23.1 Å². The first kappa shape index (κ1) is 15.3. The van der Waals surface area contributed by atoms with Crippen molar-refractivity contribution in [2.75, 3.05) is 0 Å². The van der Waals surface area contributed by atoms with E-state index < -0.39 is 0 Å². The first-order valence-corrected chi connectivity index (χ1v) is 11.3. The second kappa shape index (κ2) is 5.87. The van der Waals surface area contributed by atoms with Crippen LogP contribution in [0, 0.1) is 0 Å². The van der Waals surface area contributed by atoms with E-state index in [4.69, 9.17) is 0 Å². The summed E-state index contributed by atoms with van der Waals surface area (Å²) in [6.07, 6.45) is 8.52. The maximum atomic E-state index is 2.46.